The summed E-state index contributed by atoms with van der Waals surface area (Å²) in [5.41, 5.74) is 7.69. The number of nitrogens with one attached hydrogen (secondary N) is 7. The van der Waals surface area contributed by atoms with Crippen LogP contribution in [0.5, 0.6) is 0 Å². The zero-order chi connectivity index (χ0) is 94.7. The van der Waals surface area contributed by atoms with Crippen LogP contribution < -0.4 is 37.6 Å². The summed E-state index contributed by atoms with van der Waals surface area (Å²) in [7, 11) is 9.55. The molecule has 0 bridgehead atoms. The Morgan fingerprint density at radius 1 is 0.500 bits per heavy atom. The van der Waals surface area contributed by atoms with Crippen molar-refractivity contribution >= 4 is 106 Å². The molecule has 696 valence electrons. The van der Waals surface area contributed by atoms with E-state index >= 15 is 19.2 Å². The van der Waals surface area contributed by atoms with Crippen molar-refractivity contribution in [2.24, 2.45) is 47.2 Å². The second-order valence-electron chi connectivity index (χ2n) is 35.8. The summed E-state index contributed by atoms with van der Waals surface area (Å²) in [5, 5.41) is 29.1. The Morgan fingerprint density at radius 3 is 1.45 bits per heavy atom. The van der Waals surface area contributed by atoms with Crippen LogP contribution in [0.15, 0.2) is 78.9 Å². The molecule has 35 heteroatoms. The van der Waals surface area contributed by atoms with Gasteiger partial charge in [-0.1, -0.05) is 158 Å². The van der Waals surface area contributed by atoms with Gasteiger partial charge in [0.05, 0.1) is 23.7 Å². The number of aliphatic hydroxyl groups excluding tert-OH is 1. The van der Waals surface area contributed by atoms with Gasteiger partial charge in [-0.15, -0.1) is 0 Å². The molecule has 3 aromatic carbocycles. The maximum absolute atomic E-state index is 15.8. The number of primary amides is 1. The number of aromatic nitrogens is 2. The van der Waals surface area contributed by atoms with Gasteiger partial charge in [-0.3, -0.25) is 76.7 Å². The number of hydrogen-bond donors (Lipinski definition) is 9. The summed E-state index contributed by atoms with van der Waals surface area (Å²) in [6.07, 6.45) is -3.10. The molecule has 1 saturated heterocycles. The first kappa shape index (κ1) is 105. The number of likely N-dealkylation sites (N-methyl/N-ethyl adjacent to an activating group) is 7. The van der Waals surface area contributed by atoms with Crippen LogP contribution in [-0.2, 0) is 101 Å². The van der Waals surface area contributed by atoms with E-state index in [4.69, 9.17) is 20.2 Å². The number of rotatable bonds is 30. The van der Waals surface area contributed by atoms with E-state index in [1.807, 2.05) is 55.4 Å². The molecule has 1 aliphatic heterocycles. The van der Waals surface area contributed by atoms with Crippen molar-refractivity contribution < 1.29 is 91.3 Å². The molecule has 1 aliphatic rings. The number of carbonyl (C=O) groups is 16. The van der Waals surface area contributed by atoms with Crippen molar-refractivity contribution in [3.63, 3.8) is 0 Å². The zero-order valence-corrected chi connectivity index (χ0v) is 77.7. The summed E-state index contributed by atoms with van der Waals surface area (Å²) in [6, 6.07) is 5.55. The van der Waals surface area contributed by atoms with E-state index in [1.165, 1.54) is 101 Å². The molecule has 126 heavy (non-hydrogen) atoms. The fourth-order valence-corrected chi connectivity index (χ4v) is 15.1. The van der Waals surface area contributed by atoms with E-state index in [1.54, 1.807) is 102 Å². The Bertz CT molecular complexity index is 4420. The summed E-state index contributed by atoms with van der Waals surface area (Å²) in [6.45, 7) is 26.6. The zero-order valence-electron chi connectivity index (χ0n) is 77.7. The number of H-pyrrole nitrogens is 1. The van der Waals surface area contributed by atoms with Crippen molar-refractivity contribution in [2.45, 2.75) is 267 Å². The normalized spacial score (nSPS) is 22.2. The van der Waals surface area contributed by atoms with E-state index in [0.29, 0.717) is 16.6 Å². The van der Waals surface area contributed by atoms with Gasteiger partial charge in [0.25, 0.3) is 5.91 Å². The van der Waals surface area contributed by atoms with Crippen LogP contribution in [0, 0.1) is 41.4 Å². The number of benzene rings is 3. The van der Waals surface area contributed by atoms with Crippen LogP contribution >= 0.6 is 0 Å². The first-order valence-electron chi connectivity index (χ1n) is 43.5. The highest BCUT2D eigenvalue weighted by Crippen LogP contribution is 2.28. The predicted octanol–water partition coefficient (Wildman–Crippen LogP) is 4.54. The van der Waals surface area contributed by atoms with Gasteiger partial charge in [-0.05, 0) is 130 Å². The average molecular weight is 1760 g/mol. The number of ether oxygens (including phenoxy) is 2. The fourth-order valence-electron chi connectivity index (χ4n) is 15.1. The van der Waals surface area contributed by atoms with Crippen molar-refractivity contribution in [1.29, 1.82) is 0 Å². The topological polar surface area (TPSA) is 461 Å². The number of aromatic amines is 1. The Kier molecular flexibility index (Phi) is 40.8. The smallest absolute Gasteiger partial charge is 0.306 e. The fraction of sp³-hybridized carbons (Fsp3) is 0.615. The lowest BCUT2D eigenvalue weighted by atomic mass is 9.91. The van der Waals surface area contributed by atoms with Crippen molar-refractivity contribution in [1.82, 2.24) is 76.2 Å². The molecule has 1 aromatic heterocycles. The first-order chi connectivity index (χ1) is 59.0. The van der Waals surface area contributed by atoms with Gasteiger partial charge < -0.3 is 91.5 Å². The number of fused-ring (bicyclic) bond motifs is 1. The third kappa shape index (κ3) is 30.2. The summed E-state index contributed by atoms with van der Waals surface area (Å²) < 4.78 is 10.8. The number of amides is 14. The lowest BCUT2D eigenvalue weighted by molar-refractivity contribution is -0.157. The summed E-state index contributed by atoms with van der Waals surface area (Å²) >= 11 is 0. The monoisotopic (exact) mass is 1760 g/mol. The van der Waals surface area contributed by atoms with E-state index in [0.717, 1.165) is 14.7 Å². The minimum Gasteiger partial charge on any atom is -0.461 e. The van der Waals surface area contributed by atoms with Crippen LogP contribution in [0.4, 0.5) is 0 Å². The molecule has 0 spiro atoms. The van der Waals surface area contributed by atoms with Gasteiger partial charge in [0, 0.05) is 74.2 Å². The quantitative estimate of drug-likeness (QED) is 0.0324. The number of aliphatic hydroxyl groups is 1. The Hall–Kier alpha value is -11.4. The molecule has 4 aromatic rings. The molecule has 2 heterocycles. The van der Waals surface area contributed by atoms with Crippen LogP contribution in [0.1, 0.15) is 196 Å². The summed E-state index contributed by atoms with van der Waals surface area (Å²) in [5.74, 6) is -15.5. The molecule has 14 atom stereocenters. The Labute approximate surface area is 740 Å². The molecule has 35 nitrogen and oxygen atoms in total. The average Bonchev–Trinajstić information content (AvgIpc) is 1.22. The molecular weight excluding hydrogens is 1620 g/mol. The highest BCUT2D eigenvalue weighted by Gasteiger charge is 2.47. The lowest BCUT2D eigenvalue weighted by Crippen LogP contribution is -2.63. The third-order valence-electron chi connectivity index (χ3n) is 22.7. The van der Waals surface area contributed by atoms with Gasteiger partial charge in [0.1, 0.15) is 91.5 Å². The highest BCUT2D eigenvalue weighted by molar-refractivity contribution is 6.02. The molecule has 14 amide bonds. The van der Waals surface area contributed by atoms with Crippen LogP contribution in [-0.4, -0.2) is 278 Å². The highest BCUT2D eigenvalue weighted by atomic mass is 16.5. The molecule has 10 N–H and O–H groups in total. The van der Waals surface area contributed by atoms with Crippen molar-refractivity contribution in [3.8, 4) is 0 Å². The van der Waals surface area contributed by atoms with Crippen molar-refractivity contribution in [2.75, 3.05) is 55.9 Å². The SMILES string of the molecule is CC[C@@H]1NC(=O)[C@H]([C@H](O)[C@H](C)Cc2nc3ccc(C(=O)N[C@@H](CCC(=O)OCc4ccccc4)C(=O)N[C@@H](CCC(=O)OCc4ccccc4)C(N)=O)cc3[nH]2)N(C)C(=O)[C@H](C(C)C)N(C)C(=O)C(CC(C)C)N(C)C(=O)[C@H](CC(C)C)N(C)C(=O)[C@@H](C)NC(=O)[C@H](C)NC(=O)[C@H](CC(C)C)N(C)C(=O)[C@H](C(C)C)NC(=O)[C@H](CC(C)C)N(C)C(=O)CN(C)C1=O. The maximum atomic E-state index is 15.8. The molecule has 0 saturated carbocycles. The standard InChI is InChI=1S/C91H138N16O19/c1-24-62-87(120)101(17)47-72(108)102(18)67(41-50(2)3)84(117)100-75(54(10)11)90(123)103(19)68(42-51(4)5)83(116)93-57(15)80(113)94-58(16)86(119)104(20)69(43-52(6)7)88(121)105(21)70(44-53(8)9)89(122)106(22)76(55(12)13)91(124)107(23)77(85(118)97-62)78(111)56(14)45-71-95-63-36-35-61(46-66(63)96-71)81(114)99-65(38-40-74(110)126-49-60-33-29-26-30-34-60)82(115)98-64(79(92)112)37-39-73(109)125-48-59-31-27-25-28-32-59/h25-36,46,50-58,62,64-65,67-70,75-78,111H,24,37-45,47-49H2,1-23H3,(H2,92,112)(H,93,116)(H,94,113)(H,95,96)(H,97,118)(H,98,115)(H,99,114)(H,100,117)/t56-,57+,58-,62+,64+,65+,67+,68+,69+,70?,75+,76+,77+,78-/m1/s1. The Morgan fingerprint density at radius 2 is 0.960 bits per heavy atom. The third-order valence-corrected chi connectivity index (χ3v) is 22.7. The van der Waals surface area contributed by atoms with Crippen LogP contribution in [0.2, 0.25) is 0 Å². The number of nitrogens with two attached hydrogens (primary N) is 1. The van der Waals surface area contributed by atoms with E-state index in [-0.39, 0.29) is 118 Å². The lowest BCUT2D eigenvalue weighted by Gasteiger charge is -2.41. The van der Waals surface area contributed by atoms with Gasteiger partial charge in [0.15, 0.2) is 0 Å². The second kappa shape index (κ2) is 48.9. The van der Waals surface area contributed by atoms with Gasteiger partial charge in [0.2, 0.25) is 76.8 Å². The molecule has 1 fully saturated rings. The molecule has 1 unspecified atom stereocenters. The largest absolute Gasteiger partial charge is 0.461 e. The van der Waals surface area contributed by atoms with Gasteiger partial charge in [-0.2, -0.15) is 0 Å². The number of hydrogen-bond acceptors (Lipinski definition) is 20. The molecule has 0 radical (unpaired) electrons. The number of nitrogens with zero attached hydrogens (tertiary/aromatic N) is 8. The number of esters is 2. The summed E-state index contributed by atoms with van der Waals surface area (Å²) in [4.78, 5) is 248. The van der Waals surface area contributed by atoms with Crippen molar-refractivity contribution in [3.05, 3.63) is 101 Å². The van der Waals surface area contributed by atoms with Crippen LogP contribution in [0.3, 0.4) is 0 Å². The second-order valence-corrected chi connectivity index (χ2v) is 35.8. The first-order valence-corrected chi connectivity index (χ1v) is 43.5. The number of carbonyl (C=O) groups excluding carboxylic acids is 16. The van der Waals surface area contributed by atoms with Crippen LogP contribution in [0.25, 0.3) is 11.0 Å². The minimum absolute atomic E-state index is 0.0211. The Balaban J connectivity index is 1.58. The molecular formula is C91H138N16O19. The van der Waals surface area contributed by atoms with E-state index in [9.17, 15) is 62.6 Å². The van der Waals surface area contributed by atoms with E-state index < -0.39 is 198 Å². The minimum atomic E-state index is -1.89. The molecule has 0 aliphatic carbocycles. The van der Waals surface area contributed by atoms with Gasteiger partial charge in [-0.25, -0.2) is 4.98 Å². The predicted molar refractivity (Wildman–Crippen MR) is 472 cm³/mol. The van der Waals surface area contributed by atoms with E-state index in [2.05, 4.69) is 36.9 Å². The molecule has 5 rings (SSSR count). The maximum Gasteiger partial charge on any atom is 0.306 e. The van der Waals surface area contributed by atoms with Gasteiger partial charge >= 0.3 is 11.9 Å². The number of imidazole rings is 1.